The number of aryl methyl sites for hydroxylation is 2. The molecule has 3 aromatic rings. The number of likely N-dealkylation sites (tertiary alicyclic amines) is 1. The molecule has 1 aliphatic rings. The van der Waals surface area contributed by atoms with Crippen LogP contribution in [0.4, 0.5) is 5.69 Å². The number of pyridine rings is 1. The fourth-order valence-electron chi connectivity index (χ4n) is 4.30. The number of imidazole rings is 1. The molecule has 1 aliphatic heterocycles. The number of ketones is 1. The Balaban J connectivity index is 1.96. The molecule has 0 saturated carbocycles. The van der Waals surface area contributed by atoms with Gasteiger partial charge in [-0.2, -0.15) is 0 Å². The summed E-state index contributed by atoms with van der Waals surface area (Å²) in [5, 5.41) is 22.8. The van der Waals surface area contributed by atoms with Crippen LogP contribution in [0.15, 0.2) is 48.2 Å². The van der Waals surface area contributed by atoms with Gasteiger partial charge in [-0.15, -0.1) is 0 Å². The van der Waals surface area contributed by atoms with Crippen LogP contribution in [0.1, 0.15) is 28.6 Å². The summed E-state index contributed by atoms with van der Waals surface area (Å²) in [5.74, 6) is -1.96. The highest BCUT2D eigenvalue weighted by atomic mass is 16.6. The third-order valence-corrected chi connectivity index (χ3v) is 5.97. The van der Waals surface area contributed by atoms with E-state index in [0.717, 1.165) is 5.56 Å². The SMILES string of the molecule is Cc1nc2c(C)cccn2c1/C(O)=C1\C(=O)C(=O)N(CCN(C)C)[C@@H]1c1cccc([N+](=O)[O-])c1. The molecule has 1 amide bonds. The van der Waals surface area contributed by atoms with E-state index in [2.05, 4.69) is 4.98 Å². The Labute approximate surface area is 195 Å². The third kappa shape index (κ3) is 3.81. The number of hydrogen-bond acceptors (Lipinski definition) is 7. The fourth-order valence-corrected chi connectivity index (χ4v) is 4.30. The number of nitrogens with zero attached hydrogens (tertiary/aromatic N) is 5. The maximum absolute atomic E-state index is 13.2. The van der Waals surface area contributed by atoms with Crippen LogP contribution in [0.3, 0.4) is 0 Å². The molecule has 0 aliphatic carbocycles. The van der Waals surface area contributed by atoms with Crippen LogP contribution in [-0.4, -0.2) is 68.1 Å². The zero-order valence-electron chi connectivity index (χ0n) is 19.3. The summed E-state index contributed by atoms with van der Waals surface area (Å²) in [4.78, 5) is 44.9. The quantitative estimate of drug-likeness (QED) is 0.196. The second-order valence-corrected chi connectivity index (χ2v) is 8.58. The first-order valence-corrected chi connectivity index (χ1v) is 10.7. The zero-order valence-corrected chi connectivity index (χ0v) is 19.3. The van der Waals surface area contributed by atoms with Crippen LogP contribution in [0.25, 0.3) is 11.4 Å². The summed E-state index contributed by atoms with van der Waals surface area (Å²) in [6.07, 6.45) is 1.72. The minimum absolute atomic E-state index is 0.115. The van der Waals surface area contributed by atoms with Gasteiger partial charge < -0.3 is 14.9 Å². The maximum atomic E-state index is 13.2. The van der Waals surface area contributed by atoms with Gasteiger partial charge in [-0.3, -0.25) is 24.1 Å². The van der Waals surface area contributed by atoms with Crippen molar-refractivity contribution in [3.63, 3.8) is 0 Å². The Morgan fingerprint density at radius 3 is 2.62 bits per heavy atom. The number of nitro benzene ring substituents is 1. The monoisotopic (exact) mass is 463 g/mol. The topological polar surface area (TPSA) is 121 Å². The molecule has 176 valence electrons. The molecule has 0 spiro atoms. The van der Waals surface area contributed by atoms with Crippen LogP contribution >= 0.6 is 0 Å². The van der Waals surface area contributed by atoms with Gasteiger partial charge in [0.1, 0.15) is 11.3 Å². The van der Waals surface area contributed by atoms with Gasteiger partial charge in [-0.1, -0.05) is 18.2 Å². The fraction of sp³-hybridized carbons (Fsp3) is 0.292. The first-order chi connectivity index (χ1) is 16.1. The van der Waals surface area contributed by atoms with E-state index in [1.807, 2.05) is 32.0 Å². The van der Waals surface area contributed by atoms with Gasteiger partial charge in [-0.05, 0) is 45.1 Å². The van der Waals surface area contributed by atoms with E-state index in [0.29, 0.717) is 29.1 Å². The van der Waals surface area contributed by atoms with E-state index in [4.69, 9.17) is 0 Å². The Hall–Kier alpha value is -4.05. The van der Waals surface area contributed by atoms with Crippen LogP contribution in [0.2, 0.25) is 0 Å². The predicted molar refractivity (Wildman–Crippen MR) is 125 cm³/mol. The molecule has 10 nitrogen and oxygen atoms in total. The smallest absolute Gasteiger partial charge is 0.295 e. The van der Waals surface area contributed by atoms with Crippen LogP contribution in [0.5, 0.6) is 0 Å². The van der Waals surface area contributed by atoms with Crippen molar-refractivity contribution >= 4 is 28.8 Å². The lowest BCUT2D eigenvalue weighted by Crippen LogP contribution is -2.35. The van der Waals surface area contributed by atoms with Gasteiger partial charge in [0.25, 0.3) is 17.4 Å². The largest absolute Gasteiger partial charge is 0.505 e. The number of benzene rings is 1. The molecular weight excluding hydrogens is 438 g/mol. The number of aliphatic hydroxyl groups is 1. The third-order valence-electron chi connectivity index (χ3n) is 5.97. The number of aromatic nitrogens is 2. The number of Topliss-reactive ketones (excluding diaryl/α,β-unsaturated/α-hetero) is 1. The van der Waals surface area contributed by atoms with Crippen LogP contribution in [-0.2, 0) is 9.59 Å². The molecule has 0 radical (unpaired) electrons. The van der Waals surface area contributed by atoms with Gasteiger partial charge >= 0.3 is 0 Å². The summed E-state index contributed by atoms with van der Waals surface area (Å²) in [5.41, 5.74) is 2.38. The second kappa shape index (κ2) is 8.71. The number of likely N-dealkylation sites (N-methyl/N-ethyl adjacent to an activating group) is 1. The van der Waals surface area contributed by atoms with Crippen molar-refractivity contribution in [2.24, 2.45) is 0 Å². The maximum Gasteiger partial charge on any atom is 0.295 e. The lowest BCUT2D eigenvalue weighted by molar-refractivity contribution is -0.384. The molecule has 1 aromatic carbocycles. The average Bonchev–Trinajstić information content (AvgIpc) is 3.26. The van der Waals surface area contributed by atoms with Gasteiger partial charge in [0, 0.05) is 31.4 Å². The first kappa shape index (κ1) is 23.1. The summed E-state index contributed by atoms with van der Waals surface area (Å²) >= 11 is 0. The van der Waals surface area contributed by atoms with E-state index in [1.54, 1.807) is 29.7 Å². The molecule has 0 unspecified atom stereocenters. The Bertz CT molecular complexity index is 1360. The number of carbonyl (C=O) groups is 2. The van der Waals surface area contributed by atoms with E-state index in [1.165, 1.54) is 23.1 Å². The molecule has 4 rings (SSSR count). The zero-order chi connectivity index (χ0) is 24.7. The van der Waals surface area contributed by atoms with Gasteiger partial charge in [0.05, 0.1) is 22.2 Å². The van der Waals surface area contributed by atoms with Gasteiger partial charge in [0.15, 0.2) is 5.76 Å². The van der Waals surface area contributed by atoms with Gasteiger partial charge in [-0.25, -0.2) is 4.98 Å². The van der Waals surface area contributed by atoms with Gasteiger partial charge in [0.2, 0.25) is 0 Å². The van der Waals surface area contributed by atoms with Crippen molar-refractivity contribution in [1.82, 2.24) is 19.2 Å². The molecule has 1 atom stereocenters. The highest BCUT2D eigenvalue weighted by Gasteiger charge is 2.46. The minimum atomic E-state index is -0.977. The van der Waals surface area contributed by atoms with Crippen molar-refractivity contribution < 1.29 is 19.6 Å². The number of fused-ring (bicyclic) bond motifs is 1. The normalized spacial score (nSPS) is 17.8. The Morgan fingerprint density at radius 2 is 1.94 bits per heavy atom. The standard InChI is InChI=1S/C24H25N5O5/c1-14-7-6-10-27-19(15(2)25-23(14)27)21(30)18-20(16-8-5-9-17(13-16)29(33)34)28(12-11-26(3)4)24(32)22(18)31/h5-10,13,20,30H,11-12H2,1-4H3/b21-18+/t20-/m1/s1. The molecule has 3 heterocycles. The van der Waals surface area contributed by atoms with Crippen molar-refractivity contribution in [2.45, 2.75) is 19.9 Å². The number of non-ortho nitro benzene ring substituents is 1. The summed E-state index contributed by atoms with van der Waals surface area (Å²) in [6, 6.07) is 8.50. The average molecular weight is 463 g/mol. The first-order valence-electron chi connectivity index (χ1n) is 10.7. The number of aliphatic hydroxyl groups excluding tert-OH is 1. The molecule has 10 heteroatoms. The number of carbonyl (C=O) groups excluding carboxylic acids is 2. The van der Waals surface area contributed by atoms with Crippen LogP contribution < -0.4 is 0 Å². The van der Waals surface area contributed by atoms with E-state index in [9.17, 15) is 24.8 Å². The van der Waals surface area contributed by atoms with E-state index < -0.39 is 22.7 Å². The number of hydrogen-bond donors (Lipinski definition) is 1. The van der Waals surface area contributed by atoms with Crippen molar-refractivity contribution in [1.29, 1.82) is 0 Å². The summed E-state index contributed by atoms with van der Waals surface area (Å²) < 4.78 is 1.68. The summed E-state index contributed by atoms with van der Waals surface area (Å²) in [6.45, 7) is 4.26. The molecule has 1 saturated heterocycles. The molecule has 1 N–H and O–H groups in total. The predicted octanol–water partition coefficient (Wildman–Crippen LogP) is 2.84. The lowest BCUT2D eigenvalue weighted by Gasteiger charge is -2.26. The van der Waals surface area contributed by atoms with Crippen molar-refractivity contribution in [2.75, 3.05) is 27.2 Å². The number of rotatable bonds is 6. The number of amides is 1. The molecule has 34 heavy (non-hydrogen) atoms. The minimum Gasteiger partial charge on any atom is -0.505 e. The Morgan fingerprint density at radius 1 is 1.21 bits per heavy atom. The number of nitro groups is 1. The molecule has 1 fully saturated rings. The van der Waals surface area contributed by atoms with Crippen molar-refractivity contribution in [3.05, 3.63) is 80.8 Å². The molecule has 0 bridgehead atoms. The highest BCUT2D eigenvalue weighted by molar-refractivity contribution is 6.46. The van der Waals surface area contributed by atoms with E-state index >= 15 is 0 Å². The second-order valence-electron chi connectivity index (χ2n) is 8.58. The highest BCUT2D eigenvalue weighted by Crippen LogP contribution is 2.40. The Kier molecular flexibility index (Phi) is 5.92. The molecule has 2 aromatic heterocycles. The lowest BCUT2D eigenvalue weighted by atomic mass is 9.96. The van der Waals surface area contributed by atoms with Crippen molar-refractivity contribution in [3.8, 4) is 0 Å². The van der Waals surface area contributed by atoms with Crippen LogP contribution in [0, 0.1) is 24.0 Å². The summed E-state index contributed by atoms with van der Waals surface area (Å²) in [7, 11) is 3.67. The molecular formula is C24H25N5O5. The van der Waals surface area contributed by atoms with E-state index in [-0.39, 0.29) is 23.6 Å².